The van der Waals surface area contributed by atoms with Gasteiger partial charge in [-0.2, -0.15) is 12.6 Å². The zero-order valence-electron chi connectivity index (χ0n) is 43.9. The van der Waals surface area contributed by atoms with Gasteiger partial charge in [0.2, 0.25) is 5.91 Å². The molecule has 0 radical (unpaired) electrons. The molecule has 8 nitrogen and oxygen atoms in total. The Labute approximate surface area is 414 Å². The number of rotatable bonds is 53. The summed E-state index contributed by atoms with van der Waals surface area (Å²) in [5, 5.41) is 12.8. The molecule has 390 valence electrons. The average Bonchev–Trinajstić information content (AvgIpc) is 3.30. The fraction of sp³-hybridized carbons (Fsp3) is 0.930. The number of carboxylic acids is 1. The number of ether oxygens (including phenoxy) is 2. The van der Waals surface area contributed by atoms with Crippen LogP contribution in [0.3, 0.4) is 0 Å². The van der Waals surface area contributed by atoms with Gasteiger partial charge in [0.25, 0.3) is 0 Å². The van der Waals surface area contributed by atoms with Gasteiger partial charge in [0.1, 0.15) is 5.54 Å². The maximum Gasteiger partial charge on any atom is 0.330 e. The number of amides is 1. The van der Waals surface area contributed by atoms with Crippen molar-refractivity contribution >= 4 is 36.4 Å². The van der Waals surface area contributed by atoms with Crippen LogP contribution in [-0.2, 0) is 28.7 Å². The Morgan fingerprint density at radius 3 is 0.985 bits per heavy atom. The summed E-state index contributed by atoms with van der Waals surface area (Å²) in [4.78, 5) is 51.4. The first-order chi connectivity index (χ1) is 32.2. The maximum absolute atomic E-state index is 13.3. The fourth-order valence-electron chi connectivity index (χ4n) is 9.19. The van der Waals surface area contributed by atoms with Crippen molar-refractivity contribution in [2.45, 2.75) is 327 Å². The molecule has 0 aromatic heterocycles. The summed E-state index contributed by atoms with van der Waals surface area (Å²) >= 11 is 4.79. The predicted octanol–water partition coefficient (Wildman–Crippen LogP) is 17.3. The average molecular weight is 953 g/mol. The molecule has 0 bridgehead atoms. The van der Waals surface area contributed by atoms with E-state index in [0.29, 0.717) is 38.5 Å². The molecule has 0 aromatic rings. The van der Waals surface area contributed by atoms with Gasteiger partial charge in [-0.15, -0.1) is 0 Å². The second-order valence-electron chi connectivity index (χ2n) is 20.0. The SMILES string of the molecule is CCCCCCCCCCCCCCCC(=O)N[C@](CCCOC(=O)CCCCCCCCCCCCCCC)(C(=O)O)[C@@H](S)CCCOC(=O)CCCCCCCCCCCCCCC. The van der Waals surface area contributed by atoms with Crippen LogP contribution in [0.2, 0.25) is 0 Å². The van der Waals surface area contributed by atoms with Gasteiger partial charge in [0, 0.05) is 24.5 Å². The quantitative estimate of drug-likeness (QED) is 0.0316. The molecular formula is C57H109NO7S. The number of unbranched alkanes of at least 4 members (excludes halogenated alkanes) is 36. The van der Waals surface area contributed by atoms with Gasteiger partial charge < -0.3 is 19.9 Å². The summed E-state index contributed by atoms with van der Waals surface area (Å²) in [6.45, 7) is 7.05. The topological polar surface area (TPSA) is 119 Å². The van der Waals surface area contributed by atoms with Gasteiger partial charge in [0.05, 0.1) is 13.2 Å². The Balaban J connectivity index is 4.74. The number of thiol groups is 1. The third kappa shape index (κ3) is 41.2. The van der Waals surface area contributed by atoms with Crippen molar-refractivity contribution in [1.82, 2.24) is 5.32 Å². The second kappa shape index (κ2) is 49.6. The van der Waals surface area contributed by atoms with Crippen molar-refractivity contribution in [3.8, 4) is 0 Å². The van der Waals surface area contributed by atoms with Gasteiger partial charge in [-0.1, -0.05) is 252 Å². The molecule has 0 saturated heterocycles. The van der Waals surface area contributed by atoms with Crippen LogP contribution in [-0.4, -0.2) is 52.9 Å². The summed E-state index contributed by atoms with van der Waals surface area (Å²) < 4.78 is 11.1. The lowest BCUT2D eigenvalue weighted by molar-refractivity contribution is -0.149. The number of hydrogen-bond acceptors (Lipinski definition) is 7. The molecule has 0 aliphatic rings. The van der Waals surface area contributed by atoms with E-state index in [4.69, 9.17) is 22.1 Å². The molecule has 0 spiro atoms. The maximum atomic E-state index is 13.3. The molecule has 1 amide bonds. The molecule has 66 heavy (non-hydrogen) atoms. The highest BCUT2D eigenvalue weighted by molar-refractivity contribution is 7.81. The zero-order valence-corrected chi connectivity index (χ0v) is 44.8. The van der Waals surface area contributed by atoms with E-state index in [1.165, 1.54) is 186 Å². The molecular weight excluding hydrogens is 843 g/mol. The van der Waals surface area contributed by atoms with Crippen LogP contribution in [0, 0.1) is 0 Å². The highest BCUT2D eigenvalue weighted by atomic mass is 32.1. The molecule has 0 saturated carbocycles. The van der Waals surface area contributed by atoms with E-state index >= 15 is 0 Å². The highest BCUT2D eigenvalue weighted by Gasteiger charge is 2.45. The molecule has 2 atom stereocenters. The van der Waals surface area contributed by atoms with E-state index in [9.17, 15) is 24.3 Å². The predicted molar refractivity (Wildman–Crippen MR) is 283 cm³/mol. The molecule has 0 unspecified atom stereocenters. The van der Waals surface area contributed by atoms with Crippen molar-refractivity contribution in [3.63, 3.8) is 0 Å². The van der Waals surface area contributed by atoms with Crippen molar-refractivity contribution in [2.24, 2.45) is 0 Å². The van der Waals surface area contributed by atoms with Crippen LogP contribution < -0.4 is 5.32 Å². The smallest absolute Gasteiger partial charge is 0.330 e. The van der Waals surface area contributed by atoms with Crippen molar-refractivity contribution in [2.75, 3.05) is 13.2 Å². The van der Waals surface area contributed by atoms with E-state index in [1.807, 2.05) is 0 Å². The largest absolute Gasteiger partial charge is 0.479 e. The molecule has 0 fully saturated rings. The number of carbonyl (C=O) groups excluding carboxylic acids is 3. The summed E-state index contributed by atoms with van der Waals surface area (Å²) in [6, 6.07) is 0. The zero-order chi connectivity index (χ0) is 48.4. The van der Waals surface area contributed by atoms with E-state index < -0.39 is 16.8 Å². The molecule has 2 N–H and O–H groups in total. The Morgan fingerprint density at radius 1 is 0.409 bits per heavy atom. The first kappa shape index (κ1) is 64.2. The first-order valence-corrected chi connectivity index (χ1v) is 29.3. The van der Waals surface area contributed by atoms with E-state index in [0.717, 1.165) is 57.8 Å². The van der Waals surface area contributed by atoms with Crippen LogP contribution in [0.15, 0.2) is 0 Å². The van der Waals surface area contributed by atoms with Gasteiger partial charge in [-0.05, 0) is 44.9 Å². The van der Waals surface area contributed by atoms with Crippen LogP contribution in [0.25, 0.3) is 0 Å². The normalized spacial score (nSPS) is 12.8. The Hall–Kier alpha value is -1.77. The molecule has 0 aromatic carbocycles. The Kier molecular flexibility index (Phi) is 48.3. The molecule has 0 aliphatic heterocycles. The highest BCUT2D eigenvalue weighted by Crippen LogP contribution is 2.28. The number of carboxylic acid groups (broad SMARTS) is 1. The third-order valence-corrected chi connectivity index (χ3v) is 14.4. The van der Waals surface area contributed by atoms with Gasteiger partial charge in [-0.3, -0.25) is 14.4 Å². The molecule has 0 rings (SSSR count). The molecule has 0 heterocycles. The first-order valence-electron chi connectivity index (χ1n) is 28.8. The van der Waals surface area contributed by atoms with Gasteiger partial charge in [-0.25, -0.2) is 4.79 Å². The lowest BCUT2D eigenvalue weighted by Gasteiger charge is -2.36. The number of hydrogen-bond donors (Lipinski definition) is 3. The van der Waals surface area contributed by atoms with E-state index in [2.05, 4.69) is 26.1 Å². The van der Waals surface area contributed by atoms with Crippen LogP contribution in [0.1, 0.15) is 316 Å². The Morgan fingerprint density at radius 2 is 0.682 bits per heavy atom. The number of carbonyl (C=O) groups is 4. The fourth-order valence-corrected chi connectivity index (χ4v) is 9.68. The number of aliphatic carboxylic acids is 1. The minimum Gasteiger partial charge on any atom is -0.479 e. The lowest BCUT2D eigenvalue weighted by Crippen LogP contribution is -2.60. The lowest BCUT2D eigenvalue weighted by atomic mass is 9.86. The summed E-state index contributed by atoms with van der Waals surface area (Å²) in [6.07, 6.45) is 50.3. The van der Waals surface area contributed by atoms with Crippen LogP contribution in [0.5, 0.6) is 0 Å². The standard InChI is InChI=1S/C57H109NO7S/c1-4-7-10-13-16-19-22-25-28-31-34-37-40-46-53(59)58-57(56(62)63,49-44-51-65-55(61)48-42-39-36-33-30-27-24-21-18-15-12-9-6-3)52(66)45-43-50-64-54(60)47-41-38-35-32-29-26-23-20-17-14-11-8-5-2/h52,66H,4-51H2,1-3H3,(H,58,59)(H,62,63)/t52-,57-/m0/s1. The molecule has 9 heteroatoms. The number of esters is 2. The van der Waals surface area contributed by atoms with Crippen molar-refractivity contribution < 1.29 is 33.8 Å². The van der Waals surface area contributed by atoms with E-state index in [1.54, 1.807) is 0 Å². The second-order valence-corrected chi connectivity index (χ2v) is 20.6. The van der Waals surface area contributed by atoms with Crippen LogP contribution in [0.4, 0.5) is 0 Å². The number of nitrogens with one attached hydrogen (secondary N) is 1. The van der Waals surface area contributed by atoms with Crippen LogP contribution >= 0.6 is 12.6 Å². The summed E-state index contributed by atoms with van der Waals surface area (Å²) in [5.74, 6) is -1.90. The molecule has 0 aliphatic carbocycles. The van der Waals surface area contributed by atoms with Crippen molar-refractivity contribution in [1.29, 1.82) is 0 Å². The summed E-state index contributed by atoms with van der Waals surface area (Å²) in [7, 11) is 0. The Bertz CT molecular complexity index is 1100. The van der Waals surface area contributed by atoms with Gasteiger partial charge >= 0.3 is 17.9 Å². The van der Waals surface area contributed by atoms with Gasteiger partial charge in [0.15, 0.2) is 0 Å². The minimum absolute atomic E-state index is 0.0890. The monoisotopic (exact) mass is 952 g/mol. The van der Waals surface area contributed by atoms with Crippen molar-refractivity contribution in [3.05, 3.63) is 0 Å². The third-order valence-electron chi connectivity index (χ3n) is 13.7. The summed E-state index contributed by atoms with van der Waals surface area (Å²) in [5.41, 5.74) is -1.63. The van der Waals surface area contributed by atoms with E-state index in [-0.39, 0.29) is 43.9 Å². The minimum atomic E-state index is -1.63.